The average Bonchev–Trinajstić information content (AvgIpc) is 2.47. The maximum absolute atomic E-state index is 12.1. The zero-order valence-corrected chi connectivity index (χ0v) is 16.5. The zero-order valence-electron chi connectivity index (χ0n) is 14.0. The maximum atomic E-state index is 12.1. The minimum atomic E-state index is -4.43. The molecule has 4 rings (SSSR count). The highest BCUT2D eigenvalue weighted by molar-refractivity contribution is 8.02. The molecule has 0 aliphatic heterocycles. The Labute approximate surface area is 157 Å². The molecule has 0 aromatic heterocycles. The van der Waals surface area contributed by atoms with Gasteiger partial charge in [0.05, 0.1) is 11.4 Å². The summed E-state index contributed by atoms with van der Waals surface area (Å²) in [7, 11) is -4.43. The minimum Gasteiger partial charge on any atom is -0.456 e. The molecule has 1 N–H and O–H groups in total. The lowest BCUT2D eigenvalue weighted by molar-refractivity contribution is -0.169. The topological polar surface area (TPSA) is 89.9 Å². The third-order valence-corrected chi connectivity index (χ3v) is 8.07. The van der Waals surface area contributed by atoms with Crippen LogP contribution in [-0.2, 0) is 24.1 Å². The van der Waals surface area contributed by atoms with Crippen LogP contribution in [0, 0.1) is 11.8 Å². The van der Waals surface area contributed by atoms with Crippen LogP contribution in [0.3, 0.4) is 0 Å². The summed E-state index contributed by atoms with van der Waals surface area (Å²) < 4.78 is 40.0. The molecule has 4 fully saturated rings. The molecular formula is C16H22O6S3. The normalized spacial score (nSPS) is 36.5. The first kappa shape index (κ1) is 19.3. The average molecular weight is 407 g/mol. The molecule has 0 spiro atoms. The van der Waals surface area contributed by atoms with Crippen LogP contribution in [-0.4, -0.2) is 46.5 Å². The molecule has 0 saturated heterocycles. The Hall–Kier alpha value is -0.480. The summed E-state index contributed by atoms with van der Waals surface area (Å²) in [6.45, 7) is 5.20. The molecule has 140 valence electrons. The van der Waals surface area contributed by atoms with Gasteiger partial charge in [0, 0.05) is 22.6 Å². The summed E-state index contributed by atoms with van der Waals surface area (Å²) in [4.78, 5) is 13.1. The van der Waals surface area contributed by atoms with Crippen LogP contribution in [0.5, 0.6) is 0 Å². The SMILES string of the molecule is C=C(C)C(=O)OC12CC3CC(C1)C(=S)C(SCCOS(=O)(=O)O)(C3)C2. The molecule has 4 saturated carbocycles. The van der Waals surface area contributed by atoms with Crippen molar-refractivity contribution in [3.05, 3.63) is 12.2 Å². The lowest BCUT2D eigenvalue weighted by Crippen LogP contribution is -2.63. The van der Waals surface area contributed by atoms with Crippen LogP contribution >= 0.6 is 24.0 Å². The second-order valence-corrected chi connectivity index (χ2v) is 10.4. The van der Waals surface area contributed by atoms with E-state index in [1.165, 1.54) is 0 Å². The van der Waals surface area contributed by atoms with Crippen LogP contribution < -0.4 is 0 Å². The largest absolute Gasteiger partial charge is 0.456 e. The van der Waals surface area contributed by atoms with Gasteiger partial charge in [-0.3, -0.25) is 4.55 Å². The fraction of sp³-hybridized carbons (Fsp3) is 0.750. The van der Waals surface area contributed by atoms with Crippen LogP contribution in [0.2, 0.25) is 0 Å². The molecule has 25 heavy (non-hydrogen) atoms. The van der Waals surface area contributed by atoms with E-state index in [2.05, 4.69) is 10.8 Å². The zero-order chi connectivity index (χ0) is 18.5. The molecule has 4 aliphatic carbocycles. The van der Waals surface area contributed by atoms with Crippen molar-refractivity contribution in [2.24, 2.45) is 11.8 Å². The Kier molecular flexibility index (Phi) is 5.09. The first-order valence-corrected chi connectivity index (χ1v) is 11.0. The van der Waals surface area contributed by atoms with Crippen LogP contribution in [0.15, 0.2) is 12.2 Å². The Morgan fingerprint density at radius 2 is 2.16 bits per heavy atom. The predicted octanol–water partition coefficient (Wildman–Crippen LogP) is 2.73. The molecule has 4 bridgehead atoms. The van der Waals surface area contributed by atoms with Gasteiger partial charge in [0.25, 0.3) is 0 Å². The molecule has 4 unspecified atom stereocenters. The molecule has 9 heteroatoms. The predicted molar refractivity (Wildman–Crippen MR) is 99.0 cm³/mol. The maximum Gasteiger partial charge on any atom is 0.397 e. The molecule has 0 radical (unpaired) electrons. The van der Waals surface area contributed by atoms with E-state index in [9.17, 15) is 13.2 Å². The van der Waals surface area contributed by atoms with Gasteiger partial charge in [0.15, 0.2) is 0 Å². The quantitative estimate of drug-likeness (QED) is 0.227. The second kappa shape index (κ2) is 6.60. The number of thioether (sulfide) groups is 1. The van der Waals surface area contributed by atoms with Crippen LogP contribution in [0.1, 0.15) is 39.0 Å². The molecule has 4 atom stereocenters. The van der Waals surface area contributed by atoms with Crippen LogP contribution in [0.4, 0.5) is 0 Å². The number of carbonyl (C=O) groups excluding carboxylic acids is 1. The lowest BCUT2D eigenvalue weighted by atomic mass is 9.53. The summed E-state index contributed by atoms with van der Waals surface area (Å²) in [5.74, 6) is 0.739. The highest BCUT2D eigenvalue weighted by Crippen LogP contribution is 2.62. The van der Waals surface area contributed by atoms with Gasteiger partial charge in [-0.15, -0.1) is 11.8 Å². The van der Waals surface area contributed by atoms with Gasteiger partial charge in [-0.1, -0.05) is 18.8 Å². The third kappa shape index (κ3) is 3.95. The van der Waals surface area contributed by atoms with E-state index in [0.29, 0.717) is 23.7 Å². The first-order chi connectivity index (χ1) is 11.5. The summed E-state index contributed by atoms with van der Waals surface area (Å²) in [6, 6.07) is 0. The van der Waals surface area contributed by atoms with E-state index in [1.54, 1.807) is 18.7 Å². The van der Waals surface area contributed by atoms with E-state index in [-0.39, 0.29) is 23.2 Å². The fourth-order valence-corrected chi connectivity index (χ4v) is 7.20. The standard InChI is InChI=1S/C16H22O6S3/c1-10(2)14(17)22-15-6-11-5-12(8-15)13(23)16(7-11,9-15)24-4-3-21-25(18,19)20/h11-12H,1,3-9H2,2H3,(H,18,19,20). The third-order valence-electron chi connectivity index (χ3n) is 5.29. The summed E-state index contributed by atoms with van der Waals surface area (Å²) in [5, 5.41) is 0. The first-order valence-electron chi connectivity index (χ1n) is 8.23. The van der Waals surface area contributed by atoms with Crippen molar-refractivity contribution in [1.82, 2.24) is 0 Å². The Balaban J connectivity index is 1.74. The van der Waals surface area contributed by atoms with Crippen molar-refractivity contribution < 1.29 is 26.7 Å². The van der Waals surface area contributed by atoms with Gasteiger partial charge < -0.3 is 4.74 Å². The molecule has 0 aromatic rings. The van der Waals surface area contributed by atoms with Gasteiger partial charge in [-0.25, -0.2) is 8.98 Å². The van der Waals surface area contributed by atoms with E-state index in [1.807, 2.05) is 0 Å². The number of ether oxygens (including phenoxy) is 1. The fourth-order valence-electron chi connectivity index (χ4n) is 4.71. The van der Waals surface area contributed by atoms with Gasteiger partial charge in [-0.2, -0.15) is 8.42 Å². The van der Waals surface area contributed by atoms with Crippen molar-refractivity contribution in [3.63, 3.8) is 0 Å². The number of thiocarbonyl (C=S) groups is 1. The monoisotopic (exact) mass is 406 g/mol. The molecule has 0 heterocycles. The Morgan fingerprint density at radius 3 is 2.80 bits per heavy atom. The highest BCUT2D eigenvalue weighted by Gasteiger charge is 2.62. The number of rotatable bonds is 7. The van der Waals surface area contributed by atoms with Gasteiger partial charge >= 0.3 is 16.4 Å². The van der Waals surface area contributed by atoms with Crippen molar-refractivity contribution >= 4 is 45.2 Å². The summed E-state index contributed by atoms with van der Waals surface area (Å²) >= 11 is 7.30. The second-order valence-electron chi connectivity index (χ2n) is 7.40. The molecule has 4 aliphatic rings. The van der Waals surface area contributed by atoms with E-state index in [0.717, 1.165) is 30.5 Å². The van der Waals surface area contributed by atoms with Crippen molar-refractivity contribution in [2.75, 3.05) is 12.4 Å². The van der Waals surface area contributed by atoms with Crippen molar-refractivity contribution in [2.45, 2.75) is 49.4 Å². The van der Waals surface area contributed by atoms with Crippen molar-refractivity contribution in [3.8, 4) is 0 Å². The molecule has 0 amide bonds. The smallest absolute Gasteiger partial charge is 0.397 e. The molecule has 0 aromatic carbocycles. The number of carbonyl (C=O) groups is 1. The van der Waals surface area contributed by atoms with E-state index >= 15 is 0 Å². The van der Waals surface area contributed by atoms with E-state index in [4.69, 9.17) is 21.5 Å². The minimum absolute atomic E-state index is 0.109. The van der Waals surface area contributed by atoms with Gasteiger partial charge in [-0.05, 0) is 44.4 Å². The van der Waals surface area contributed by atoms with E-state index < -0.39 is 16.0 Å². The molecule has 6 nitrogen and oxygen atoms in total. The Bertz CT molecular complexity index is 717. The lowest BCUT2D eigenvalue weighted by Gasteiger charge is -2.61. The van der Waals surface area contributed by atoms with Gasteiger partial charge in [0.1, 0.15) is 5.60 Å². The number of hydrogen-bond acceptors (Lipinski definition) is 7. The highest BCUT2D eigenvalue weighted by atomic mass is 32.3. The number of hydrogen-bond donors (Lipinski definition) is 1. The van der Waals surface area contributed by atoms with Crippen LogP contribution in [0.25, 0.3) is 0 Å². The van der Waals surface area contributed by atoms with Crippen molar-refractivity contribution in [1.29, 1.82) is 0 Å². The summed E-state index contributed by atoms with van der Waals surface area (Å²) in [5.41, 5.74) is -0.109. The molecular weight excluding hydrogens is 384 g/mol. The summed E-state index contributed by atoms with van der Waals surface area (Å²) in [6.07, 6.45) is 4.24. The number of esters is 1. The van der Waals surface area contributed by atoms with Gasteiger partial charge in [0.2, 0.25) is 0 Å². The Morgan fingerprint density at radius 1 is 1.44 bits per heavy atom.